The third kappa shape index (κ3) is 5.52. The van der Waals surface area contributed by atoms with E-state index in [-0.39, 0.29) is 5.92 Å². The Balaban J connectivity index is 1.49. The number of anilines is 3. The second-order valence-corrected chi connectivity index (χ2v) is 9.16. The van der Waals surface area contributed by atoms with Crippen LogP contribution in [0.4, 0.5) is 17.5 Å². The average molecular weight is 513 g/mol. The summed E-state index contributed by atoms with van der Waals surface area (Å²) in [5.74, 6) is 2.31. The third-order valence-electron chi connectivity index (χ3n) is 6.30. The number of benzene rings is 2. The summed E-state index contributed by atoms with van der Waals surface area (Å²) < 4.78 is 7.78. The van der Waals surface area contributed by atoms with Crippen LogP contribution in [0.3, 0.4) is 0 Å². The molecule has 2 aromatic heterocycles. The van der Waals surface area contributed by atoms with Crippen molar-refractivity contribution >= 4 is 29.1 Å². The number of hydrogen-bond donors (Lipinski definition) is 2. The molecule has 1 aliphatic carbocycles. The molecule has 5 rings (SSSR count). The van der Waals surface area contributed by atoms with Crippen molar-refractivity contribution in [3.05, 3.63) is 108 Å². The van der Waals surface area contributed by atoms with Gasteiger partial charge in [0.1, 0.15) is 29.7 Å². The summed E-state index contributed by atoms with van der Waals surface area (Å²) in [6.07, 6.45) is 9.80. The van der Waals surface area contributed by atoms with Crippen LogP contribution >= 0.6 is 11.6 Å². The van der Waals surface area contributed by atoms with Gasteiger partial charge in [0.05, 0.1) is 11.4 Å². The zero-order valence-corrected chi connectivity index (χ0v) is 21.3. The lowest BCUT2D eigenvalue weighted by Gasteiger charge is -2.17. The van der Waals surface area contributed by atoms with Crippen LogP contribution in [0.1, 0.15) is 35.6 Å². The first kappa shape index (κ1) is 24.6. The van der Waals surface area contributed by atoms with Gasteiger partial charge in [-0.3, -0.25) is 0 Å². The predicted molar refractivity (Wildman–Crippen MR) is 149 cm³/mol. The van der Waals surface area contributed by atoms with E-state index in [4.69, 9.17) is 26.3 Å². The van der Waals surface area contributed by atoms with Crippen molar-refractivity contribution in [1.82, 2.24) is 19.5 Å². The minimum absolute atomic E-state index is 0.236. The Morgan fingerprint density at radius 2 is 1.97 bits per heavy atom. The van der Waals surface area contributed by atoms with Gasteiger partial charge < -0.3 is 19.9 Å². The van der Waals surface area contributed by atoms with Crippen LogP contribution in [0.25, 0.3) is 5.69 Å². The summed E-state index contributed by atoms with van der Waals surface area (Å²) in [7, 11) is 0. The van der Waals surface area contributed by atoms with E-state index in [1.165, 1.54) is 11.1 Å². The lowest BCUT2D eigenvalue weighted by Crippen LogP contribution is -2.11. The number of hydrogen-bond acceptors (Lipinski definition) is 6. The number of nitrogens with one attached hydrogen (secondary N) is 2. The van der Waals surface area contributed by atoms with Crippen LogP contribution < -0.4 is 15.4 Å². The molecule has 0 radical (unpaired) electrons. The first-order valence-electron chi connectivity index (χ1n) is 12.3. The van der Waals surface area contributed by atoms with Gasteiger partial charge in [0.2, 0.25) is 5.95 Å². The molecule has 1 unspecified atom stereocenters. The normalized spacial score (nSPS) is 14.1. The lowest BCUT2D eigenvalue weighted by atomic mass is 9.97. The van der Waals surface area contributed by atoms with Gasteiger partial charge in [-0.05, 0) is 37.0 Å². The molecule has 0 saturated heterocycles. The molecule has 2 N–H and O–H groups in total. The summed E-state index contributed by atoms with van der Waals surface area (Å²) >= 11 is 6.04. The van der Waals surface area contributed by atoms with Gasteiger partial charge in [0.15, 0.2) is 0 Å². The van der Waals surface area contributed by atoms with Gasteiger partial charge >= 0.3 is 0 Å². The summed E-state index contributed by atoms with van der Waals surface area (Å²) in [6, 6.07) is 16.4. The highest BCUT2D eigenvalue weighted by atomic mass is 35.5. The maximum absolute atomic E-state index is 6.04. The Morgan fingerprint density at radius 3 is 2.73 bits per heavy atom. The van der Waals surface area contributed by atoms with Gasteiger partial charge in [0.25, 0.3) is 0 Å². The fraction of sp³-hybridized carbons (Fsp3) is 0.207. The molecule has 8 heteroatoms. The molecule has 0 spiro atoms. The van der Waals surface area contributed by atoms with Gasteiger partial charge in [-0.1, -0.05) is 60.7 Å². The summed E-state index contributed by atoms with van der Waals surface area (Å²) in [5.41, 5.74) is 5.15. The van der Waals surface area contributed by atoms with E-state index in [0.717, 1.165) is 48.7 Å². The molecule has 7 nitrogen and oxygen atoms in total. The lowest BCUT2D eigenvalue weighted by molar-refractivity contribution is 0.362. The van der Waals surface area contributed by atoms with Gasteiger partial charge in [-0.15, -0.1) is 6.58 Å². The van der Waals surface area contributed by atoms with Crippen molar-refractivity contribution in [2.24, 2.45) is 0 Å². The SMILES string of the molecule is C=CCCNc1nc(Nc2ccc(-n3cnc(Cl)c3)c(OCC=C)c2)nc2c1CCC2c1ccccc1. The number of halogens is 1. The molecule has 0 amide bonds. The minimum atomic E-state index is 0.236. The van der Waals surface area contributed by atoms with E-state index in [1.807, 2.05) is 34.9 Å². The Hall–Kier alpha value is -4.10. The molecule has 1 atom stereocenters. The maximum atomic E-state index is 6.04. The van der Waals surface area contributed by atoms with Crippen molar-refractivity contribution in [1.29, 1.82) is 0 Å². The summed E-state index contributed by atoms with van der Waals surface area (Å²) in [5, 5.41) is 7.30. The Morgan fingerprint density at radius 1 is 1.11 bits per heavy atom. The fourth-order valence-corrected chi connectivity index (χ4v) is 4.74. The van der Waals surface area contributed by atoms with E-state index >= 15 is 0 Å². The Kier molecular flexibility index (Phi) is 7.51. The van der Waals surface area contributed by atoms with Crippen molar-refractivity contribution in [3.63, 3.8) is 0 Å². The summed E-state index contributed by atoms with van der Waals surface area (Å²) in [6.45, 7) is 8.73. The quantitative estimate of drug-likeness (QED) is 0.172. The van der Waals surface area contributed by atoms with E-state index in [0.29, 0.717) is 23.5 Å². The molecule has 4 aromatic rings. The van der Waals surface area contributed by atoms with E-state index in [2.05, 4.69) is 53.0 Å². The highest BCUT2D eigenvalue weighted by Gasteiger charge is 2.29. The van der Waals surface area contributed by atoms with Crippen LogP contribution in [0.15, 0.2) is 86.4 Å². The second-order valence-electron chi connectivity index (χ2n) is 8.78. The van der Waals surface area contributed by atoms with Crippen molar-refractivity contribution < 1.29 is 4.74 Å². The van der Waals surface area contributed by atoms with Gasteiger partial charge in [0, 0.05) is 36.0 Å². The predicted octanol–water partition coefficient (Wildman–Crippen LogP) is 6.69. The molecule has 188 valence electrons. The molecule has 0 saturated carbocycles. The van der Waals surface area contributed by atoms with Crippen LogP contribution in [-0.4, -0.2) is 32.7 Å². The number of ether oxygens (including phenoxy) is 1. The second kappa shape index (κ2) is 11.3. The Bertz CT molecular complexity index is 1400. The van der Waals surface area contributed by atoms with E-state index in [1.54, 1.807) is 18.6 Å². The molecule has 0 bridgehead atoms. The highest BCUT2D eigenvalue weighted by Crippen LogP contribution is 2.40. The molecule has 0 aliphatic heterocycles. The molecule has 2 aromatic carbocycles. The Labute approximate surface area is 221 Å². The van der Waals surface area contributed by atoms with Crippen LogP contribution in [0.5, 0.6) is 5.75 Å². The molecule has 0 fully saturated rings. The molecule has 1 aliphatic rings. The topological polar surface area (TPSA) is 76.9 Å². The van der Waals surface area contributed by atoms with Crippen LogP contribution in [0.2, 0.25) is 5.15 Å². The largest absolute Gasteiger partial charge is 0.487 e. The zero-order chi connectivity index (χ0) is 25.6. The number of imidazole rings is 1. The fourth-order valence-electron chi connectivity index (χ4n) is 4.60. The number of fused-ring (bicyclic) bond motifs is 1. The van der Waals surface area contributed by atoms with E-state index in [9.17, 15) is 0 Å². The first-order chi connectivity index (χ1) is 18.2. The van der Waals surface area contributed by atoms with Gasteiger partial charge in [-0.25, -0.2) is 9.97 Å². The standard InChI is InChI=1S/C29H29ClN6O/c1-3-5-15-31-28-23-13-12-22(20-9-7-6-8-10-20)27(23)34-29(35-28)33-21-11-14-24(25(17-21)37-16-4-2)36-18-26(30)32-19-36/h3-4,6-11,14,17-19,22H,1-2,5,12-13,15-16H2,(H2,31,33,34,35). The molecule has 37 heavy (non-hydrogen) atoms. The smallest absolute Gasteiger partial charge is 0.229 e. The third-order valence-corrected chi connectivity index (χ3v) is 6.49. The number of aromatic nitrogens is 4. The average Bonchev–Trinajstić information content (AvgIpc) is 3.54. The van der Waals surface area contributed by atoms with Crippen molar-refractivity contribution in [2.45, 2.75) is 25.2 Å². The van der Waals surface area contributed by atoms with E-state index < -0.39 is 0 Å². The van der Waals surface area contributed by atoms with Crippen LogP contribution in [0, 0.1) is 0 Å². The summed E-state index contributed by atoms with van der Waals surface area (Å²) in [4.78, 5) is 14.0. The van der Waals surface area contributed by atoms with Crippen LogP contribution in [-0.2, 0) is 6.42 Å². The monoisotopic (exact) mass is 512 g/mol. The molecular formula is C29H29ClN6O. The van der Waals surface area contributed by atoms with Crippen molar-refractivity contribution in [3.8, 4) is 11.4 Å². The zero-order valence-electron chi connectivity index (χ0n) is 20.5. The number of nitrogens with zero attached hydrogens (tertiary/aromatic N) is 4. The molecule has 2 heterocycles. The molecular weight excluding hydrogens is 484 g/mol. The van der Waals surface area contributed by atoms with Crippen molar-refractivity contribution in [2.75, 3.05) is 23.8 Å². The maximum Gasteiger partial charge on any atom is 0.229 e. The number of rotatable bonds is 11. The minimum Gasteiger partial charge on any atom is -0.487 e. The van der Waals surface area contributed by atoms with Gasteiger partial charge in [-0.2, -0.15) is 4.98 Å². The first-order valence-corrected chi connectivity index (χ1v) is 12.7. The highest BCUT2D eigenvalue weighted by molar-refractivity contribution is 6.29.